The minimum absolute atomic E-state index is 0.0493. The van der Waals surface area contributed by atoms with E-state index >= 15 is 0 Å². The van der Waals surface area contributed by atoms with Gasteiger partial charge in [-0.2, -0.15) is 13.2 Å². The summed E-state index contributed by atoms with van der Waals surface area (Å²) in [5, 5.41) is 5.37. The molecule has 47 heavy (non-hydrogen) atoms. The number of anilines is 2. The number of halogens is 6. The van der Waals surface area contributed by atoms with E-state index in [-0.39, 0.29) is 17.5 Å². The Morgan fingerprint density at radius 3 is 2.06 bits per heavy atom. The fourth-order valence-corrected chi connectivity index (χ4v) is 5.25. The first kappa shape index (κ1) is 33.2. The second-order valence-electron chi connectivity index (χ2n) is 10.9. The van der Waals surface area contributed by atoms with Crippen LogP contribution >= 0.6 is 0 Å². The average molecular weight is 658 g/mol. The molecule has 1 aliphatic heterocycles. The van der Waals surface area contributed by atoms with Crippen molar-refractivity contribution >= 4 is 23.3 Å². The van der Waals surface area contributed by atoms with Gasteiger partial charge in [0, 0.05) is 48.9 Å². The van der Waals surface area contributed by atoms with Gasteiger partial charge in [-0.3, -0.25) is 4.79 Å². The van der Waals surface area contributed by atoms with Crippen LogP contribution in [0.5, 0.6) is 11.5 Å². The van der Waals surface area contributed by atoms with E-state index in [2.05, 4.69) is 15.4 Å². The zero-order valence-electron chi connectivity index (χ0n) is 24.9. The number of alkyl halides is 6. The topological polar surface area (TPSA) is 79.9 Å². The summed E-state index contributed by atoms with van der Waals surface area (Å²) < 4.78 is 86.8. The number of benzene rings is 4. The lowest BCUT2D eigenvalue weighted by Gasteiger charge is -2.32. The van der Waals surface area contributed by atoms with Crippen LogP contribution in [-0.4, -0.2) is 42.4 Å². The van der Waals surface area contributed by atoms with Crippen LogP contribution in [-0.2, 0) is 6.18 Å². The first-order valence-electron chi connectivity index (χ1n) is 14.5. The number of rotatable bonds is 7. The number of likely N-dealkylation sites (tertiary alicyclic amines) is 1. The number of nitrogens with zero attached hydrogens (tertiary/aromatic N) is 1. The van der Waals surface area contributed by atoms with Gasteiger partial charge in [-0.25, -0.2) is 4.79 Å². The maximum Gasteiger partial charge on any atom is 0.573 e. The third-order valence-corrected chi connectivity index (χ3v) is 7.46. The van der Waals surface area contributed by atoms with Gasteiger partial charge in [-0.05, 0) is 72.1 Å². The monoisotopic (exact) mass is 657 g/mol. The number of piperidine rings is 1. The number of hydrogen-bond acceptors (Lipinski definition) is 4. The maximum absolute atomic E-state index is 13.4. The second-order valence-corrected chi connectivity index (χ2v) is 10.9. The molecule has 1 aliphatic rings. The highest BCUT2D eigenvalue weighted by Gasteiger charge is 2.32. The minimum atomic E-state index is -4.82. The van der Waals surface area contributed by atoms with Crippen LogP contribution < -0.4 is 20.1 Å². The van der Waals surface area contributed by atoms with Crippen molar-refractivity contribution in [3.05, 3.63) is 108 Å². The van der Waals surface area contributed by atoms with Crippen LogP contribution in [0.4, 0.5) is 42.5 Å². The molecule has 0 aliphatic carbocycles. The Bertz CT molecular complexity index is 1730. The highest BCUT2D eigenvalue weighted by molar-refractivity contribution is 6.09. The molecule has 1 heterocycles. The predicted octanol–water partition coefficient (Wildman–Crippen LogP) is 8.91. The Morgan fingerprint density at radius 2 is 1.40 bits per heavy atom. The second kappa shape index (κ2) is 13.7. The summed E-state index contributed by atoms with van der Waals surface area (Å²) in [4.78, 5) is 27.6. The molecule has 13 heteroatoms. The van der Waals surface area contributed by atoms with E-state index in [0.29, 0.717) is 54.1 Å². The Morgan fingerprint density at radius 1 is 0.766 bits per heavy atom. The predicted molar refractivity (Wildman–Crippen MR) is 163 cm³/mol. The summed E-state index contributed by atoms with van der Waals surface area (Å²) in [6.45, 7) is 2.44. The number of carbonyl (C=O) groups is 2. The average Bonchev–Trinajstić information content (AvgIpc) is 3.01. The molecule has 3 amide bonds. The Balaban J connectivity index is 1.19. The molecule has 7 nitrogen and oxygen atoms in total. The number of hydrogen-bond donors (Lipinski definition) is 2. The molecule has 4 aromatic carbocycles. The quantitative estimate of drug-likeness (QED) is 0.195. The molecule has 0 spiro atoms. The first-order valence-corrected chi connectivity index (χ1v) is 14.5. The molecule has 0 bridgehead atoms. The summed E-state index contributed by atoms with van der Waals surface area (Å²) >= 11 is 0. The van der Waals surface area contributed by atoms with Gasteiger partial charge in [0.05, 0.1) is 5.56 Å². The fourth-order valence-electron chi connectivity index (χ4n) is 5.25. The van der Waals surface area contributed by atoms with Crippen molar-refractivity contribution in [2.75, 3.05) is 23.7 Å². The number of urea groups is 1. The van der Waals surface area contributed by atoms with Crippen LogP contribution in [0.25, 0.3) is 11.1 Å². The van der Waals surface area contributed by atoms with E-state index in [0.717, 1.165) is 17.7 Å². The zero-order valence-corrected chi connectivity index (χ0v) is 24.9. The highest BCUT2D eigenvalue weighted by atomic mass is 19.4. The van der Waals surface area contributed by atoms with Crippen LogP contribution in [0.3, 0.4) is 0 Å². The molecular weight excluding hydrogens is 628 g/mol. The van der Waals surface area contributed by atoms with Gasteiger partial charge in [0.15, 0.2) is 0 Å². The van der Waals surface area contributed by atoms with E-state index in [1.54, 1.807) is 49.4 Å². The van der Waals surface area contributed by atoms with E-state index in [9.17, 15) is 35.9 Å². The van der Waals surface area contributed by atoms with Gasteiger partial charge in [0.1, 0.15) is 17.6 Å². The molecule has 2 N–H and O–H groups in total. The lowest BCUT2D eigenvalue weighted by molar-refractivity contribution is -0.274. The minimum Gasteiger partial charge on any atom is -0.490 e. The van der Waals surface area contributed by atoms with Gasteiger partial charge in [0.2, 0.25) is 0 Å². The van der Waals surface area contributed by atoms with Gasteiger partial charge in [0.25, 0.3) is 5.91 Å². The molecule has 4 aromatic rings. The zero-order chi connectivity index (χ0) is 33.8. The lowest BCUT2D eigenvalue weighted by atomic mass is 9.94. The van der Waals surface area contributed by atoms with Crippen molar-refractivity contribution in [3.63, 3.8) is 0 Å². The van der Waals surface area contributed by atoms with E-state index in [4.69, 9.17) is 4.74 Å². The van der Waals surface area contributed by atoms with E-state index in [1.165, 1.54) is 41.3 Å². The smallest absolute Gasteiger partial charge is 0.490 e. The number of aryl methyl sites for hydroxylation is 1. The lowest BCUT2D eigenvalue weighted by Crippen LogP contribution is -2.43. The Kier molecular flexibility index (Phi) is 9.64. The molecule has 246 valence electrons. The van der Waals surface area contributed by atoms with Crippen molar-refractivity contribution in [2.45, 2.75) is 38.4 Å². The van der Waals surface area contributed by atoms with Gasteiger partial charge in [-0.15, -0.1) is 13.2 Å². The van der Waals surface area contributed by atoms with Crippen molar-refractivity contribution < 1.29 is 45.4 Å². The largest absolute Gasteiger partial charge is 0.573 e. The fraction of sp³-hybridized carbons (Fsp3) is 0.235. The summed E-state index contributed by atoms with van der Waals surface area (Å²) in [6.07, 6.45) is -8.63. The summed E-state index contributed by atoms with van der Waals surface area (Å²) in [5.74, 6) is -0.322. The molecule has 0 unspecified atom stereocenters. The molecule has 5 rings (SSSR count). The van der Waals surface area contributed by atoms with Crippen molar-refractivity contribution in [3.8, 4) is 22.6 Å². The Hall–Kier alpha value is -5.20. The van der Waals surface area contributed by atoms with Crippen LogP contribution in [0.1, 0.15) is 34.3 Å². The summed E-state index contributed by atoms with van der Waals surface area (Å²) in [5.41, 5.74) is 1.80. The number of nitrogens with one attached hydrogen (secondary N) is 2. The maximum atomic E-state index is 13.4. The molecular formula is C34H29F6N3O4. The van der Waals surface area contributed by atoms with E-state index < -0.39 is 30.0 Å². The number of amides is 3. The molecule has 0 aromatic heterocycles. The van der Waals surface area contributed by atoms with Gasteiger partial charge >= 0.3 is 18.6 Å². The molecule has 1 saturated heterocycles. The SMILES string of the molecule is Cc1cccc(C(=O)Nc2cccc(OC3CCN(C(=O)Nc4cccc(C(F)(F)F)c4)CC3)c2)c1-c1ccc(OC(F)(F)F)cc1. The summed E-state index contributed by atoms with van der Waals surface area (Å²) in [7, 11) is 0. The molecule has 0 atom stereocenters. The third kappa shape index (κ3) is 8.75. The molecule has 0 radical (unpaired) electrons. The normalized spacial score (nSPS) is 14.0. The number of carbonyl (C=O) groups excluding carboxylic acids is 2. The number of ether oxygens (including phenoxy) is 2. The van der Waals surface area contributed by atoms with Crippen LogP contribution in [0.2, 0.25) is 0 Å². The van der Waals surface area contributed by atoms with Gasteiger partial charge < -0.3 is 25.0 Å². The van der Waals surface area contributed by atoms with Crippen LogP contribution in [0, 0.1) is 6.92 Å². The van der Waals surface area contributed by atoms with Crippen molar-refractivity contribution in [1.82, 2.24) is 4.90 Å². The standard InChI is InChI=1S/C34H29F6N3O4/c1-21-5-2-10-29(30(21)22-11-13-27(14-12-22)47-34(38,39)40)31(44)41-25-8-4-9-28(20-25)46-26-15-17-43(18-16-26)32(45)42-24-7-3-6-23(19-24)33(35,36)37/h2-14,19-20,26H,15-18H2,1H3,(H,41,44)(H,42,45). The summed E-state index contributed by atoms with van der Waals surface area (Å²) in [6, 6.07) is 21.1. The van der Waals surface area contributed by atoms with Gasteiger partial charge in [-0.1, -0.05) is 36.4 Å². The van der Waals surface area contributed by atoms with Crippen molar-refractivity contribution in [2.24, 2.45) is 0 Å². The Labute approximate surface area is 266 Å². The highest BCUT2D eigenvalue weighted by Crippen LogP contribution is 2.33. The van der Waals surface area contributed by atoms with Crippen LogP contribution in [0.15, 0.2) is 91.0 Å². The third-order valence-electron chi connectivity index (χ3n) is 7.46. The van der Waals surface area contributed by atoms with E-state index in [1.807, 2.05) is 0 Å². The molecule has 1 fully saturated rings. The first-order chi connectivity index (χ1) is 22.2. The van der Waals surface area contributed by atoms with Crippen molar-refractivity contribution in [1.29, 1.82) is 0 Å². The molecule has 0 saturated carbocycles.